The van der Waals surface area contributed by atoms with Gasteiger partial charge in [0, 0.05) is 7.05 Å². The SMILES string of the molecule is CN1C(=O)COc2c(NS(=O)(=O)c3ccc4c(c3)CCCC4)cccc21. The summed E-state index contributed by atoms with van der Waals surface area (Å²) < 4.78 is 33.8. The zero-order valence-electron chi connectivity index (χ0n) is 14.5. The molecule has 7 heteroatoms. The summed E-state index contributed by atoms with van der Waals surface area (Å²) in [4.78, 5) is 13.5. The standard InChI is InChI=1S/C19H20N2O4S/c1-21-17-8-4-7-16(19(17)25-12-18(21)22)20-26(23,24)15-10-9-13-5-2-3-6-14(13)11-15/h4,7-11,20H,2-3,5-6,12H2,1H3. The highest BCUT2D eigenvalue weighted by Gasteiger charge is 2.26. The Morgan fingerprint density at radius 2 is 1.85 bits per heavy atom. The molecule has 0 atom stereocenters. The highest BCUT2D eigenvalue weighted by atomic mass is 32.2. The topological polar surface area (TPSA) is 75.7 Å². The molecule has 0 spiro atoms. The Balaban J connectivity index is 1.68. The van der Waals surface area contributed by atoms with E-state index in [1.807, 2.05) is 6.07 Å². The maximum Gasteiger partial charge on any atom is 0.264 e. The van der Waals surface area contributed by atoms with Gasteiger partial charge in [0.2, 0.25) is 0 Å². The molecule has 1 aliphatic heterocycles. The highest BCUT2D eigenvalue weighted by molar-refractivity contribution is 7.92. The monoisotopic (exact) mass is 372 g/mol. The number of carbonyl (C=O) groups is 1. The lowest BCUT2D eigenvalue weighted by Crippen LogP contribution is -2.35. The second-order valence-corrected chi connectivity index (χ2v) is 8.32. The Kier molecular flexibility index (Phi) is 4.11. The lowest BCUT2D eigenvalue weighted by molar-refractivity contribution is -0.120. The molecule has 1 N–H and O–H groups in total. The van der Waals surface area contributed by atoms with E-state index in [4.69, 9.17) is 4.74 Å². The van der Waals surface area contributed by atoms with Gasteiger partial charge >= 0.3 is 0 Å². The Bertz CT molecular complexity index is 985. The minimum absolute atomic E-state index is 0.110. The third-order valence-electron chi connectivity index (χ3n) is 4.94. The number of nitrogens with one attached hydrogen (secondary N) is 1. The molecule has 1 heterocycles. The second-order valence-electron chi connectivity index (χ2n) is 6.64. The van der Waals surface area contributed by atoms with Crippen molar-refractivity contribution in [1.29, 1.82) is 0 Å². The summed E-state index contributed by atoms with van der Waals surface area (Å²) in [6.45, 7) is -0.110. The van der Waals surface area contributed by atoms with E-state index in [2.05, 4.69) is 4.72 Å². The number of nitrogens with zero attached hydrogens (tertiary/aromatic N) is 1. The second kappa shape index (κ2) is 6.32. The number of hydrogen-bond acceptors (Lipinski definition) is 4. The van der Waals surface area contributed by atoms with Crippen LogP contribution in [0, 0.1) is 0 Å². The van der Waals surface area contributed by atoms with Crippen molar-refractivity contribution < 1.29 is 17.9 Å². The number of likely N-dealkylation sites (N-methyl/N-ethyl adjacent to an activating group) is 1. The van der Waals surface area contributed by atoms with Crippen LogP contribution in [-0.2, 0) is 27.7 Å². The third-order valence-corrected chi connectivity index (χ3v) is 6.31. The van der Waals surface area contributed by atoms with Gasteiger partial charge in [0.15, 0.2) is 12.4 Å². The summed E-state index contributed by atoms with van der Waals surface area (Å²) in [6.07, 6.45) is 4.15. The van der Waals surface area contributed by atoms with Gasteiger partial charge in [0.25, 0.3) is 15.9 Å². The number of benzene rings is 2. The van der Waals surface area contributed by atoms with Gasteiger partial charge in [-0.1, -0.05) is 12.1 Å². The number of amides is 1. The fourth-order valence-corrected chi connectivity index (χ4v) is 4.58. The molecule has 0 unspecified atom stereocenters. The Morgan fingerprint density at radius 1 is 1.08 bits per heavy atom. The van der Waals surface area contributed by atoms with E-state index in [-0.39, 0.29) is 17.4 Å². The first-order valence-electron chi connectivity index (χ1n) is 8.63. The number of hydrogen-bond donors (Lipinski definition) is 1. The van der Waals surface area contributed by atoms with Crippen molar-refractivity contribution in [3.8, 4) is 5.75 Å². The zero-order chi connectivity index (χ0) is 18.3. The Hall–Kier alpha value is -2.54. The predicted molar refractivity (Wildman–Crippen MR) is 99.2 cm³/mol. The summed E-state index contributed by atoms with van der Waals surface area (Å²) in [5, 5.41) is 0. The van der Waals surface area contributed by atoms with Gasteiger partial charge in [-0.2, -0.15) is 0 Å². The van der Waals surface area contributed by atoms with Crippen molar-refractivity contribution in [3.63, 3.8) is 0 Å². The van der Waals surface area contributed by atoms with Crippen molar-refractivity contribution in [2.45, 2.75) is 30.6 Å². The fourth-order valence-electron chi connectivity index (χ4n) is 3.47. The number of para-hydroxylation sites is 1. The molecule has 2 aromatic rings. The van der Waals surface area contributed by atoms with Crippen molar-refractivity contribution >= 4 is 27.3 Å². The zero-order valence-corrected chi connectivity index (χ0v) is 15.3. The number of sulfonamides is 1. The van der Waals surface area contributed by atoms with Crippen LogP contribution < -0.4 is 14.4 Å². The van der Waals surface area contributed by atoms with Gasteiger partial charge in [0.05, 0.1) is 16.3 Å². The third kappa shape index (κ3) is 2.92. The molecule has 0 saturated heterocycles. The average molecular weight is 372 g/mol. The van der Waals surface area contributed by atoms with Gasteiger partial charge in [-0.25, -0.2) is 8.42 Å². The van der Waals surface area contributed by atoms with Crippen molar-refractivity contribution in [2.24, 2.45) is 0 Å². The molecule has 0 bridgehead atoms. The number of ether oxygens (including phenoxy) is 1. The lowest BCUT2D eigenvalue weighted by atomic mass is 9.92. The number of anilines is 2. The van der Waals surface area contributed by atoms with Gasteiger partial charge < -0.3 is 9.64 Å². The van der Waals surface area contributed by atoms with Crippen LogP contribution in [0.4, 0.5) is 11.4 Å². The van der Waals surface area contributed by atoms with Crippen LogP contribution in [0.3, 0.4) is 0 Å². The number of aryl methyl sites for hydroxylation is 2. The minimum Gasteiger partial charge on any atom is -0.479 e. The Morgan fingerprint density at radius 3 is 2.65 bits per heavy atom. The Labute approximate surface area is 152 Å². The summed E-state index contributed by atoms with van der Waals surface area (Å²) in [7, 11) is -2.10. The number of rotatable bonds is 3. The van der Waals surface area contributed by atoms with Crippen LogP contribution in [0.15, 0.2) is 41.3 Å². The van der Waals surface area contributed by atoms with Gasteiger partial charge in [0.1, 0.15) is 0 Å². The van der Waals surface area contributed by atoms with Crippen molar-refractivity contribution in [2.75, 3.05) is 23.3 Å². The molecular weight excluding hydrogens is 352 g/mol. The summed E-state index contributed by atoms with van der Waals surface area (Å²) >= 11 is 0. The molecular formula is C19H20N2O4S. The first-order chi connectivity index (χ1) is 12.5. The predicted octanol–water partition coefficient (Wildman–Crippen LogP) is 2.72. The molecule has 0 saturated carbocycles. The van der Waals surface area contributed by atoms with Crippen LogP contribution in [-0.4, -0.2) is 28.0 Å². The van der Waals surface area contributed by atoms with Crippen LogP contribution in [0.1, 0.15) is 24.0 Å². The summed E-state index contributed by atoms with van der Waals surface area (Å²) in [6, 6.07) is 10.4. The number of fused-ring (bicyclic) bond motifs is 2. The maximum absolute atomic E-state index is 12.9. The molecule has 1 aliphatic carbocycles. The van der Waals surface area contributed by atoms with Gasteiger partial charge in [-0.3, -0.25) is 9.52 Å². The van der Waals surface area contributed by atoms with Crippen molar-refractivity contribution in [1.82, 2.24) is 0 Å². The maximum atomic E-state index is 12.9. The summed E-state index contributed by atoms with van der Waals surface area (Å²) in [5.41, 5.74) is 3.22. The van der Waals surface area contributed by atoms with E-state index in [0.29, 0.717) is 17.1 Å². The lowest BCUT2D eigenvalue weighted by Gasteiger charge is -2.27. The van der Waals surface area contributed by atoms with Gasteiger partial charge in [-0.05, 0) is 61.1 Å². The smallest absolute Gasteiger partial charge is 0.264 e. The van der Waals surface area contributed by atoms with Crippen LogP contribution in [0.25, 0.3) is 0 Å². The van der Waals surface area contributed by atoms with E-state index in [1.165, 1.54) is 10.5 Å². The highest BCUT2D eigenvalue weighted by Crippen LogP contribution is 2.39. The molecule has 2 aromatic carbocycles. The van der Waals surface area contributed by atoms with Crippen LogP contribution in [0.2, 0.25) is 0 Å². The molecule has 4 rings (SSSR count). The van der Waals surface area contributed by atoms with Crippen LogP contribution >= 0.6 is 0 Å². The van der Waals surface area contributed by atoms with E-state index in [9.17, 15) is 13.2 Å². The fraction of sp³-hybridized carbons (Fsp3) is 0.316. The largest absolute Gasteiger partial charge is 0.479 e. The number of carbonyl (C=O) groups excluding carboxylic acids is 1. The first-order valence-corrected chi connectivity index (χ1v) is 10.1. The van der Waals surface area contributed by atoms with E-state index < -0.39 is 10.0 Å². The van der Waals surface area contributed by atoms with E-state index >= 15 is 0 Å². The molecule has 26 heavy (non-hydrogen) atoms. The van der Waals surface area contributed by atoms with Gasteiger partial charge in [-0.15, -0.1) is 0 Å². The first kappa shape index (κ1) is 16.9. The molecule has 0 aromatic heterocycles. The van der Waals surface area contributed by atoms with Crippen LogP contribution in [0.5, 0.6) is 5.75 Å². The van der Waals surface area contributed by atoms with Crippen molar-refractivity contribution in [3.05, 3.63) is 47.5 Å². The van der Waals surface area contributed by atoms with E-state index in [0.717, 1.165) is 31.2 Å². The molecule has 1 amide bonds. The molecule has 0 fully saturated rings. The molecule has 6 nitrogen and oxygen atoms in total. The normalized spacial score (nSPS) is 16.5. The quantitative estimate of drug-likeness (QED) is 0.899. The minimum atomic E-state index is -3.74. The van der Waals surface area contributed by atoms with E-state index in [1.54, 1.807) is 37.4 Å². The summed E-state index contributed by atoms with van der Waals surface area (Å²) in [5.74, 6) is 0.198. The average Bonchev–Trinajstić information content (AvgIpc) is 2.64. The molecule has 0 radical (unpaired) electrons. The molecule has 136 valence electrons. The molecule has 2 aliphatic rings.